The van der Waals surface area contributed by atoms with Crippen LogP contribution >= 0.6 is 0 Å². The summed E-state index contributed by atoms with van der Waals surface area (Å²) in [4.78, 5) is 0. The molecule has 1 N–H and O–H groups in total. The fourth-order valence-electron chi connectivity index (χ4n) is 2.76. The van der Waals surface area contributed by atoms with Crippen molar-refractivity contribution in [3.05, 3.63) is 60.2 Å². The van der Waals surface area contributed by atoms with E-state index in [0.29, 0.717) is 13.1 Å². The quantitative estimate of drug-likeness (QED) is 0.939. The summed E-state index contributed by atoms with van der Waals surface area (Å²) < 4.78 is 26.9. The Bertz CT molecular complexity index is 723. The van der Waals surface area contributed by atoms with Crippen LogP contribution in [0.3, 0.4) is 0 Å². The van der Waals surface area contributed by atoms with Crippen molar-refractivity contribution in [3.63, 3.8) is 0 Å². The van der Waals surface area contributed by atoms with Crippen molar-refractivity contribution < 1.29 is 8.42 Å². The minimum absolute atomic E-state index is 0.0536. The van der Waals surface area contributed by atoms with Crippen LogP contribution in [0.15, 0.2) is 54.6 Å². The lowest BCUT2D eigenvalue weighted by atomic mass is 10.0. The van der Waals surface area contributed by atoms with E-state index < -0.39 is 10.0 Å². The number of nitrogens with one attached hydrogen (secondary N) is 1. The molecule has 0 unspecified atom stereocenters. The van der Waals surface area contributed by atoms with E-state index in [-0.39, 0.29) is 5.75 Å². The van der Waals surface area contributed by atoms with Crippen molar-refractivity contribution in [2.45, 2.75) is 5.75 Å². The van der Waals surface area contributed by atoms with Crippen LogP contribution in [0.2, 0.25) is 0 Å². The number of rotatable bonds is 4. The maximum Gasteiger partial charge on any atom is 0.218 e. The molecule has 0 atom stereocenters. The Kier molecular flexibility index (Phi) is 4.57. The summed E-state index contributed by atoms with van der Waals surface area (Å²) in [6, 6.07) is 17.7. The molecule has 0 aliphatic carbocycles. The third kappa shape index (κ3) is 3.38. The van der Waals surface area contributed by atoms with Crippen molar-refractivity contribution in [2.75, 3.05) is 26.2 Å². The molecule has 116 valence electrons. The topological polar surface area (TPSA) is 49.4 Å². The second kappa shape index (κ2) is 6.60. The molecule has 5 heteroatoms. The van der Waals surface area contributed by atoms with Crippen LogP contribution in [0.25, 0.3) is 11.1 Å². The highest BCUT2D eigenvalue weighted by Gasteiger charge is 2.24. The third-order valence-corrected chi connectivity index (χ3v) is 5.74. The number of sulfonamides is 1. The van der Waals surface area contributed by atoms with Gasteiger partial charge in [0.1, 0.15) is 0 Å². The van der Waals surface area contributed by atoms with E-state index in [1.807, 2.05) is 54.6 Å². The molecule has 1 heterocycles. The Balaban J connectivity index is 1.89. The molecule has 0 radical (unpaired) electrons. The number of benzene rings is 2. The van der Waals surface area contributed by atoms with Gasteiger partial charge in [-0.2, -0.15) is 4.31 Å². The highest BCUT2D eigenvalue weighted by molar-refractivity contribution is 7.88. The number of piperazine rings is 1. The van der Waals surface area contributed by atoms with Crippen molar-refractivity contribution in [1.29, 1.82) is 0 Å². The first-order chi connectivity index (χ1) is 10.7. The average Bonchev–Trinajstić information content (AvgIpc) is 2.57. The zero-order valence-electron chi connectivity index (χ0n) is 12.4. The molecule has 0 saturated carbocycles. The molecule has 4 nitrogen and oxygen atoms in total. The van der Waals surface area contributed by atoms with Gasteiger partial charge in [-0.3, -0.25) is 0 Å². The summed E-state index contributed by atoms with van der Waals surface area (Å²) in [5.74, 6) is 0.0536. The lowest BCUT2D eigenvalue weighted by Gasteiger charge is -2.27. The molecule has 0 amide bonds. The van der Waals surface area contributed by atoms with Gasteiger partial charge in [0.15, 0.2) is 0 Å². The predicted octanol–water partition coefficient (Wildman–Crippen LogP) is 2.09. The molecule has 3 rings (SSSR count). The molecule has 2 aromatic rings. The van der Waals surface area contributed by atoms with Gasteiger partial charge < -0.3 is 5.32 Å². The summed E-state index contributed by atoms with van der Waals surface area (Å²) in [6.07, 6.45) is 0. The molecule has 0 spiro atoms. The van der Waals surface area contributed by atoms with Crippen LogP contribution in [0.5, 0.6) is 0 Å². The summed E-state index contributed by atoms with van der Waals surface area (Å²) >= 11 is 0. The van der Waals surface area contributed by atoms with Gasteiger partial charge in [-0.05, 0) is 16.7 Å². The minimum Gasteiger partial charge on any atom is -0.314 e. The number of nitrogens with zero attached hydrogens (tertiary/aromatic N) is 1. The first-order valence-corrected chi connectivity index (χ1v) is 9.09. The van der Waals surface area contributed by atoms with E-state index in [9.17, 15) is 8.42 Å². The van der Waals surface area contributed by atoms with E-state index in [1.54, 1.807) is 4.31 Å². The molecule has 1 saturated heterocycles. The summed E-state index contributed by atoms with van der Waals surface area (Å²) in [5, 5.41) is 3.18. The first-order valence-electron chi connectivity index (χ1n) is 7.49. The normalized spacial score (nSPS) is 16.5. The molecule has 1 aliphatic heterocycles. The van der Waals surface area contributed by atoms with Crippen LogP contribution < -0.4 is 5.32 Å². The van der Waals surface area contributed by atoms with Gasteiger partial charge in [-0.1, -0.05) is 54.6 Å². The Morgan fingerprint density at radius 1 is 0.909 bits per heavy atom. The molecule has 1 fully saturated rings. The number of hydrogen-bond donors (Lipinski definition) is 1. The Morgan fingerprint density at radius 2 is 1.55 bits per heavy atom. The SMILES string of the molecule is O=S(=O)(Cc1ccccc1-c1ccccc1)N1CCNCC1. The average molecular weight is 316 g/mol. The third-order valence-electron chi connectivity index (χ3n) is 3.91. The summed E-state index contributed by atoms with van der Waals surface area (Å²) in [6.45, 7) is 2.55. The smallest absolute Gasteiger partial charge is 0.218 e. The monoisotopic (exact) mass is 316 g/mol. The zero-order chi connectivity index (χ0) is 15.4. The fraction of sp³-hybridized carbons (Fsp3) is 0.294. The molecular weight excluding hydrogens is 296 g/mol. The van der Waals surface area contributed by atoms with Crippen molar-refractivity contribution in [3.8, 4) is 11.1 Å². The molecule has 0 bridgehead atoms. The van der Waals surface area contributed by atoms with Crippen molar-refractivity contribution >= 4 is 10.0 Å². The predicted molar refractivity (Wildman–Crippen MR) is 88.9 cm³/mol. The van der Waals surface area contributed by atoms with Crippen LogP contribution in [0, 0.1) is 0 Å². The van der Waals surface area contributed by atoms with E-state index in [1.165, 1.54) is 0 Å². The second-order valence-electron chi connectivity index (χ2n) is 5.43. The van der Waals surface area contributed by atoms with Gasteiger partial charge in [0.2, 0.25) is 10.0 Å². The fourth-order valence-corrected chi connectivity index (χ4v) is 4.32. The first kappa shape index (κ1) is 15.2. The van der Waals surface area contributed by atoms with Gasteiger partial charge in [0.05, 0.1) is 5.75 Å². The molecule has 1 aliphatic rings. The highest BCUT2D eigenvalue weighted by Crippen LogP contribution is 2.25. The summed E-state index contributed by atoms with van der Waals surface area (Å²) in [7, 11) is -3.27. The zero-order valence-corrected chi connectivity index (χ0v) is 13.2. The summed E-state index contributed by atoms with van der Waals surface area (Å²) in [5.41, 5.74) is 2.89. The van der Waals surface area contributed by atoms with Gasteiger partial charge in [-0.15, -0.1) is 0 Å². The minimum atomic E-state index is -3.27. The molecule has 2 aromatic carbocycles. The number of hydrogen-bond acceptors (Lipinski definition) is 3. The molecule has 22 heavy (non-hydrogen) atoms. The van der Waals surface area contributed by atoms with Crippen LogP contribution in [-0.2, 0) is 15.8 Å². The van der Waals surface area contributed by atoms with E-state index in [4.69, 9.17) is 0 Å². The standard InChI is InChI=1S/C17H20N2O2S/c20-22(21,19-12-10-18-11-13-19)14-16-8-4-5-9-17(16)15-6-2-1-3-7-15/h1-9,18H,10-14H2. The van der Waals surface area contributed by atoms with Crippen molar-refractivity contribution in [1.82, 2.24) is 9.62 Å². The Labute approximate surface area is 131 Å². The van der Waals surface area contributed by atoms with E-state index >= 15 is 0 Å². The van der Waals surface area contributed by atoms with Gasteiger partial charge >= 0.3 is 0 Å². The highest BCUT2D eigenvalue weighted by atomic mass is 32.2. The Hall–Kier alpha value is -1.69. The largest absolute Gasteiger partial charge is 0.314 e. The molecular formula is C17H20N2O2S. The van der Waals surface area contributed by atoms with Gasteiger partial charge in [-0.25, -0.2) is 8.42 Å². The maximum atomic E-state index is 12.6. The molecule has 0 aromatic heterocycles. The van der Waals surface area contributed by atoms with E-state index in [2.05, 4.69) is 5.32 Å². The van der Waals surface area contributed by atoms with Gasteiger partial charge in [0, 0.05) is 26.2 Å². The second-order valence-corrected chi connectivity index (χ2v) is 7.40. The van der Waals surface area contributed by atoms with Gasteiger partial charge in [0.25, 0.3) is 0 Å². The lowest BCUT2D eigenvalue weighted by molar-refractivity contribution is 0.360. The van der Waals surface area contributed by atoms with Crippen LogP contribution in [0.4, 0.5) is 0 Å². The van der Waals surface area contributed by atoms with Crippen LogP contribution in [-0.4, -0.2) is 38.9 Å². The Morgan fingerprint density at radius 3 is 2.27 bits per heavy atom. The maximum absolute atomic E-state index is 12.6. The van der Waals surface area contributed by atoms with E-state index in [0.717, 1.165) is 29.8 Å². The lowest BCUT2D eigenvalue weighted by Crippen LogP contribution is -2.46. The van der Waals surface area contributed by atoms with Crippen LogP contribution in [0.1, 0.15) is 5.56 Å². The van der Waals surface area contributed by atoms with Crippen molar-refractivity contribution in [2.24, 2.45) is 0 Å².